The zero-order chi connectivity index (χ0) is 15.1. The Morgan fingerprint density at radius 1 is 1.38 bits per heavy atom. The number of hydrogen-bond donors (Lipinski definition) is 2. The van der Waals surface area contributed by atoms with Gasteiger partial charge in [0.25, 0.3) is 0 Å². The van der Waals surface area contributed by atoms with Crippen LogP contribution in [0.1, 0.15) is 20.3 Å². The number of nitrogens with two attached hydrogens (primary N) is 1. The Morgan fingerprint density at radius 3 is 2.62 bits per heavy atom. The lowest BCUT2D eigenvalue weighted by molar-refractivity contribution is -0.124. The third kappa shape index (κ3) is 7.23. The molecule has 7 heteroatoms. The molecule has 4 nitrogen and oxygen atoms in total. The lowest BCUT2D eigenvalue weighted by atomic mass is 10.0. The van der Waals surface area contributed by atoms with E-state index >= 15 is 0 Å². The standard InChI is InChI=1S/C14H20Cl2N2O2.ClH/c1-9(10(2)17)14(19)18-6-3-7-20-13-5-4-11(15)8-12(13)16;/h4-5,8-10H,3,6-7,17H2,1-2H3,(H,18,19);1H. The van der Waals surface area contributed by atoms with E-state index in [2.05, 4.69) is 5.32 Å². The Labute approximate surface area is 141 Å². The maximum Gasteiger partial charge on any atom is 0.224 e. The summed E-state index contributed by atoms with van der Waals surface area (Å²) in [6.45, 7) is 4.63. The van der Waals surface area contributed by atoms with Crippen LogP contribution in [0.5, 0.6) is 5.75 Å². The highest BCUT2D eigenvalue weighted by atomic mass is 35.5. The highest BCUT2D eigenvalue weighted by Gasteiger charge is 2.15. The minimum Gasteiger partial charge on any atom is -0.492 e. The fourth-order valence-electron chi connectivity index (χ4n) is 1.46. The first kappa shape index (κ1) is 20.3. The average Bonchev–Trinajstić information content (AvgIpc) is 2.39. The summed E-state index contributed by atoms with van der Waals surface area (Å²) in [4.78, 5) is 11.6. The van der Waals surface area contributed by atoms with Crippen molar-refractivity contribution in [3.05, 3.63) is 28.2 Å². The lowest BCUT2D eigenvalue weighted by Gasteiger charge is -2.15. The van der Waals surface area contributed by atoms with Gasteiger partial charge in [0.2, 0.25) is 5.91 Å². The molecular weight excluding hydrogens is 335 g/mol. The van der Waals surface area contributed by atoms with Gasteiger partial charge in [0.1, 0.15) is 5.75 Å². The first-order valence-electron chi connectivity index (χ1n) is 6.53. The molecule has 0 fully saturated rings. The summed E-state index contributed by atoms with van der Waals surface area (Å²) < 4.78 is 5.51. The molecule has 0 aliphatic rings. The molecule has 2 atom stereocenters. The van der Waals surface area contributed by atoms with Gasteiger partial charge in [-0.25, -0.2) is 0 Å². The second-order valence-electron chi connectivity index (χ2n) is 4.72. The number of benzene rings is 1. The number of amides is 1. The Bertz CT molecular complexity index is 456. The van der Waals surface area contributed by atoms with Gasteiger partial charge in [-0.1, -0.05) is 30.1 Å². The van der Waals surface area contributed by atoms with Crippen molar-refractivity contribution in [3.8, 4) is 5.75 Å². The lowest BCUT2D eigenvalue weighted by Crippen LogP contribution is -2.39. The van der Waals surface area contributed by atoms with Crippen molar-refractivity contribution in [1.29, 1.82) is 0 Å². The maximum atomic E-state index is 11.6. The van der Waals surface area contributed by atoms with Gasteiger partial charge in [0.15, 0.2) is 0 Å². The number of carbonyl (C=O) groups is 1. The van der Waals surface area contributed by atoms with Crippen LogP contribution in [0.3, 0.4) is 0 Å². The number of ether oxygens (including phenoxy) is 1. The number of hydrogen-bond acceptors (Lipinski definition) is 3. The molecule has 1 rings (SSSR count). The highest BCUT2D eigenvalue weighted by Crippen LogP contribution is 2.27. The zero-order valence-corrected chi connectivity index (χ0v) is 14.4. The SMILES string of the molecule is CC(N)C(C)C(=O)NCCCOc1ccc(Cl)cc1Cl.Cl. The Kier molecular flexibility index (Phi) is 9.79. The topological polar surface area (TPSA) is 64.4 Å². The van der Waals surface area contributed by atoms with Crippen LogP contribution in [-0.4, -0.2) is 25.1 Å². The summed E-state index contributed by atoms with van der Waals surface area (Å²) in [6, 6.07) is 4.92. The van der Waals surface area contributed by atoms with Crippen LogP contribution in [0, 0.1) is 5.92 Å². The van der Waals surface area contributed by atoms with Gasteiger partial charge >= 0.3 is 0 Å². The van der Waals surface area contributed by atoms with E-state index in [0.717, 1.165) is 0 Å². The van der Waals surface area contributed by atoms with Gasteiger partial charge < -0.3 is 15.8 Å². The molecule has 0 spiro atoms. The van der Waals surface area contributed by atoms with E-state index in [9.17, 15) is 4.79 Å². The summed E-state index contributed by atoms with van der Waals surface area (Å²) in [7, 11) is 0. The van der Waals surface area contributed by atoms with Crippen LogP contribution in [0.15, 0.2) is 18.2 Å². The van der Waals surface area contributed by atoms with Gasteiger partial charge in [-0.3, -0.25) is 4.79 Å². The monoisotopic (exact) mass is 354 g/mol. The van der Waals surface area contributed by atoms with Gasteiger partial charge in [-0.05, 0) is 31.5 Å². The molecular formula is C14H21Cl3N2O2. The van der Waals surface area contributed by atoms with Crippen LogP contribution in [0.4, 0.5) is 0 Å². The zero-order valence-electron chi connectivity index (χ0n) is 12.1. The maximum absolute atomic E-state index is 11.6. The second kappa shape index (κ2) is 10.1. The Balaban J connectivity index is 0.00000400. The molecule has 1 amide bonds. The molecule has 0 aromatic heterocycles. The van der Waals surface area contributed by atoms with Gasteiger partial charge in [0.05, 0.1) is 11.6 Å². The van der Waals surface area contributed by atoms with Crippen molar-refractivity contribution in [2.24, 2.45) is 11.7 Å². The van der Waals surface area contributed by atoms with E-state index in [4.69, 9.17) is 33.7 Å². The molecule has 0 aliphatic heterocycles. The van der Waals surface area contributed by atoms with Crippen molar-refractivity contribution in [2.75, 3.05) is 13.2 Å². The van der Waals surface area contributed by atoms with Crippen LogP contribution in [0.25, 0.3) is 0 Å². The van der Waals surface area contributed by atoms with E-state index in [0.29, 0.717) is 35.4 Å². The first-order valence-corrected chi connectivity index (χ1v) is 7.28. The summed E-state index contributed by atoms with van der Waals surface area (Å²) >= 11 is 11.8. The molecule has 1 aromatic rings. The highest BCUT2D eigenvalue weighted by molar-refractivity contribution is 6.35. The fourth-order valence-corrected chi connectivity index (χ4v) is 1.92. The van der Waals surface area contributed by atoms with Crippen LogP contribution >= 0.6 is 35.6 Å². The van der Waals surface area contributed by atoms with E-state index in [1.165, 1.54) is 0 Å². The third-order valence-corrected chi connectivity index (χ3v) is 3.50. The predicted molar refractivity (Wildman–Crippen MR) is 89.6 cm³/mol. The van der Waals surface area contributed by atoms with Crippen molar-refractivity contribution in [1.82, 2.24) is 5.32 Å². The molecule has 0 saturated heterocycles. The third-order valence-electron chi connectivity index (χ3n) is 2.97. The smallest absolute Gasteiger partial charge is 0.224 e. The second-order valence-corrected chi connectivity index (χ2v) is 5.56. The fraction of sp³-hybridized carbons (Fsp3) is 0.500. The first-order chi connectivity index (χ1) is 9.41. The summed E-state index contributed by atoms with van der Waals surface area (Å²) in [5.41, 5.74) is 5.66. The van der Waals surface area contributed by atoms with Crippen LogP contribution in [-0.2, 0) is 4.79 Å². The van der Waals surface area contributed by atoms with Crippen molar-refractivity contribution in [3.63, 3.8) is 0 Å². The quantitative estimate of drug-likeness (QED) is 0.738. The molecule has 21 heavy (non-hydrogen) atoms. The van der Waals surface area contributed by atoms with Crippen LogP contribution < -0.4 is 15.8 Å². The molecule has 0 radical (unpaired) electrons. The van der Waals surface area contributed by atoms with Crippen LogP contribution in [0.2, 0.25) is 10.0 Å². The molecule has 0 aliphatic carbocycles. The van der Waals surface area contributed by atoms with Gasteiger partial charge in [-0.2, -0.15) is 0 Å². The minimum atomic E-state index is -0.193. The van der Waals surface area contributed by atoms with E-state index in [1.54, 1.807) is 18.2 Å². The molecule has 3 N–H and O–H groups in total. The van der Waals surface area contributed by atoms with E-state index in [-0.39, 0.29) is 30.3 Å². The average molecular weight is 356 g/mol. The summed E-state index contributed by atoms with van der Waals surface area (Å²) in [6.07, 6.45) is 0.691. The Morgan fingerprint density at radius 2 is 2.05 bits per heavy atom. The number of carbonyl (C=O) groups excluding carboxylic acids is 1. The van der Waals surface area contributed by atoms with Crippen molar-refractivity contribution in [2.45, 2.75) is 26.3 Å². The number of nitrogens with one attached hydrogen (secondary N) is 1. The number of halogens is 3. The molecule has 1 aromatic carbocycles. The largest absolute Gasteiger partial charge is 0.492 e. The van der Waals surface area contributed by atoms with Crippen molar-refractivity contribution >= 4 is 41.5 Å². The molecule has 120 valence electrons. The summed E-state index contributed by atoms with van der Waals surface area (Å²) in [5, 5.41) is 3.87. The molecule has 0 saturated carbocycles. The van der Waals surface area contributed by atoms with E-state index < -0.39 is 0 Å². The predicted octanol–water partition coefficient (Wildman–Crippen LogP) is 3.28. The van der Waals surface area contributed by atoms with Gasteiger partial charge in [-0.15, -0.1) is 12.4 Å². The van der Waals surface area contributed by atoms with E-state index in [1.807, 2.05) is 13.8 Å². The van der Waals surface area contributed by atoms with Crippen molar-refractivity contribution < 1.29 is 9.53 Å². The molecule has 2 unspecified atom stereocenters. The number of rotatable bonds is 7. The minimum absolute atomic E-state index is 0. The molecule has 0 bridgehead atoms. The molecule has 0 heterocycles. The summed E-state index contributed by atoms with van der Waals surface area (Å²) in [5.74, 6) is 0.359. The Hall–Kier alpha value is -0.680. The normalized spacial score (nSPS) is 13.0. The van der Waals surface area contributed by atoms with Gasteiger partial charge in [0, 0.05) is 23.5 Å².